The van der Waals surface area contributed by atoms with Crippen molar-refractivity contribution in [1.82, 2.24) is 4.57 Å². The number of fused-ring (bicyclic) bond motifs is 3. The minimum Gasteiger partial charge on any atom is -0.497 e. The second-order valence-electron chi connectivity index (χ2n) is 6.11. The third-order valence-corrected chi connectivity index (χ3v) is 4.70. The normalized spacial score (nSPS) is 11.1. The Morgan fingerprint density at radius 2 is 1.74 bits per heavy atom. The van der Waals surface area contributed by atoms with Crippen LogP contribution in [0.25, 0.3) is 33.1 Å². The average Bonchev–Trinajstić information content (AvgIpc) is 3.01. The van der Waals surface area contributed by atoms with Crippen molar-refractivity contribution in [3.05, 3.63) is 64.5 Å². The van der Waals surface area contributed by atoms with E-state index in [-0.39, 0.29) is 0 Å². The molecule has 0 spiro atoms. The fourth-order valence-corrected chi connectivity index (χ4v) is 3.48. The van der Waals surface area contributed by atoms with Gasteiger partial charge in [0.2, 0.25) is 0 Å². The van der Waals surface area contributed by atoms with Crippen molar-refractivity contribution >= 4 is 27.8 Å². The SMILES string of the molecule is COC(=O)c1c(-c2ccc(OC)cc2)n(C)c2c(=O)oc3ccccc3c12. The molecule has 0 N–H and O–H groups in total. The van der Waals surface area contributed by atoms with Crippen LogP contribution in [0.3, 0.4) is 0 Å². The van der Waals surface area contributed by atoms with Crippen LogP contribution in [0, 0.1) is 0 Å². The first-order chi connectivity index (χ1) is 13.1. The van der Waals surface area contributed by atoms with Crippen molar-refractivity contribution in [2.75, 3.05) is 14.2 Å². The number of hydrogen-bond acceptors (Lipinski definition) is 5. The maximum Gasteiger partial charge on any atom is 0.361 e. The molecule has 4 rings (SSSR count). The first-order valence-corrected chi connectivity index (χ1v) is 8.33. The summed E-state index contributed by atoms with van der Waals surface area (Å²) < 4.78 is 17.4. The molecule has 0 saturated carbocycles. The Morgan fingerprint density at radius 1 is 1.04 bits per heavy atom. The molecule has 0 aliphatic rings. The number of esters is 1. The van der Waals surface area contributed by atoms with Crippen LogP contribution >= 0.6 is 0 Å². The number of aryl methyl sites for hydroxylation is 1. The van der Waals surface area contributed by atoms with E-state index in [9.17, 15) is 9.59 Å². The Morgan fingerprint density at radius 3 is 2.41 bits per heavy atom. The third kappa shape index (κ3) is 2.49. The molecule has 0 aliphatic heterocycles. The van der Waals surface area contributed by atoms with Gasteiger partial charge in [-0.2, -0.15) is 0 Å². The van der Waals surface area contributed by atoms with Crippen LogP contribution in [0.15, 0.2) is 57.7 Å². The molecule has 4 aromatic rings. The zero-order valence-corrected chi connectivity index (χ0v) is 15.1. The van der Waals surface area contributed by atoms with Crippen LogP contribution in [-0.4, -0.2) is 24.8 Å². The molecule has 0 unspecified atom stereocenters. The summed E-state index contributed by atoms with van der Waals surface area (Å²) >= 11 is 0. The largest absolute Gasteiger partial charge is 0.497 e. The lowest BCUT2D eigenvalue weighted by atomic mass is 10.0. The van der Waals surface area contributed by atoms with E-state index in [4.69, 9.17) is 13.9 Å². The van der Waals surface area contributed by atoms with Crippen LogP contribution in [0.2, 0.25) is 0 Å². The summed E-state index contributed by atoms with van der Waals surface area (Å²) in [7, 11) is 4.65. The van der Waals surface area contributed by atoms with Gasteiger partial charge in [0.25, 0.3) is 0 Å². The van der Waals surface area contributed by atoms with Gasteiger partial charge in [0.05, 0.1) is 25.5 Å². The number of rotatable bonds is 3. The molecule has 0 fully saturated rings. The van der Waals surface area contributed by atoms with Gasteiger partial charge in [-0.15, -0.1) is 0 Å². The minimum atomic E-state index is -0.512. The number of benzene rings is 2. The number of para-hydroxylation sites is 1. The molecule has 27 heavy (non-hydrogen) atoms. The monoisotopic (exact) mass is 363 g/mol. The molecule has 6 heteroatoms. The number of aromatic nitrogens is 1. The average molecular weight is 363 g/mol. The van der Waals surface area contributed by atoms with E-state index >= 15 is 0 Å². The van der Waals surface area contributed by atoms with E-state index < -0.39 is 11.6 Å². The number of methoxy groups -OCH3 is 2. The first-order valence-electron chi connectivity index (χ1n) is 8.33. The van der Waals surface area contributed by atoms with Gasteiger partial charge in [-0.25, -0.2) is 9.59 Å². The first kappa shape index (κ1) is 16.9. The molecule has 6 nitrogen and oxygen atoms in total. The molecule has 0 saturated heterocycles. The second kappa shape index (κ2) is 6.32. The maximum absolute atomic E-state index is 12.7. The summed E-state index contributed by atoms with van der Waals surface area (Å²) in [5.74, 6) is 0.185. The second-order valence-corrected chi connectivity index (χ2v) is 6.11. The minimum absolute atomic E-state index is 0.319. The molecular formula is C21H17NO5. The lowest BCUT2D eigenvalue weighted by Crippen LogP contribution is -2.05. The van der Waals surface area contributed by atoms with Crippen molar-refractivity contribution in [2.45, 2.75) is 0 Å². The summed E-state index contributed by atoms with van der Waals surface area (Å²) in [6.07, 6.45) is 0. The fourth-order valence-electron chi connectivity index (χ4n) is 3.48. The number of ether oxygens (including phenoxy) is 2. The van der Waals surface area contributed by atoms with Gasteiger partial charge >= 0.3 is 11.6 Å². The summed E-state index contributed by atoms with van der Waals surface area (Å²) in [5, 5.41) is 1.21. The van der Waals surface area contributed by atoms with Crippen LogP contribution in [0.4, 0.5) is 0 Å². The van der Waals surface area contributed by atoms with Gasteiger partial charge < -0.3 is 18.5 Å². The Balaban J connectivity index is 2.20. The lowest BCUT2D eigenvalue weighted by Gasteiger charge is -2.08. The fraction of sp³-hybridized carbons (Fsp3) is 0.143. The molecule has 2 aromatic heterocycles. The Labute approximate surface area is 154 Å². The van der Waals surface area contributed by atoms with Gasteiger partial charge in [0.15, 0.2) is 0 Å². The van der Waals surface area contributed by atoms with Crippen molar-refractivity contribution in [3.63, 3.8) is 0 Å². The van der Waals surface area contributed by atoms with E-state index in [0.29, 0.717) is 38.9 Å². The maximum atomic E-state index is 12.7. The Bertz CT molecular complexity index is 1230. The van der Waals surface area contributed by atoms with Crippen LogP contribution in [0.5, 0.6) is 5.75 Å². The summed E-state index contributed by atoms with van der Waals surface area (Å²) in [6.45, 7) is 0. The van der Waals surface area contributed by atoms with E-state index in [1.54, 1.807) is 43.0 Å². The van der Waals surface area contributed by atoms with Crippen LogP contribution in [-0.2, 0) is 11.8 Å². The predicted molar refractivity (Wildman–Crippen MR) is 102 cm³/mol. The highest BCUT2D eigenvalue weighted by molar-refractivity contribution is 6.18. The highest BCUT2D eigenvalue weighted by Gasteiger charge is 2.27. The van der Waals surface area contributed by atoms with Crippen molar-refractivity contribution < 1.29 is 18.7 Å². The van der Waals surface area contributed by atoms with E-state index in [2.05, 4.69) is 0 Å². The topological polar surface area (TPSA) is 70.7 Å². The zero-order valence-electron chi connectivity index (χ0n) is 15.1. The van der Waals surface area contributed by atoms with E-state index in [1.165, 1.54) is 7.11 Å². The zero-order chi connectivity index (χ0) is 19.1. The molecule has 2 heterocycles. The van der Waals surface area contributed by atoms with Gasteiger partial charge in [-0.1, -0.05) is 18.2 Å². The Hall–Kier alpha value is -3.54. The highest BCUT2D eigenvalue weighted by atomic mass is 16.5. The van der Waals surface area contributed by atoms with Gasteiger partial charge in [0.1, 0.15) is 16.8 Å². The highest BCUT2D eigenvalue weighted by Crippen LogP contribution is 2.36. The van der Waals surface area contributed by atoms with Crippen LogP contribution in [0.1, 0.15) is 10.4 Å². The third-order valence-electron chi connectivity index (χ3n) is 4.70. The quantitative estimate of drug-likeness (QED) is 0.410. The number of carbonyl (C=O) groups is 1. The molecule has 0 atom stereocenters. The lowest BCUT2D eigenvalue weighted by molar-refractivity contribution is 0.0604. The van der Waals surface area contributed by atoms with Gasteiger partial charge in [0, 0.05) is 17.8 Å². The Kier molecular flexibility index (Phi) is 3.96. The molecule has 0 bridgehead atoms. The summed E-state index contributed by atoms with van der Waals surface area (Å²) in [6, 6.07) is 14.4. The molecule has 2 aromatic carbocycles. The van der Waals surface area contributed by atoms with E-state index in [1.807, 2.05) is 24.3 Å². The molecule has 136 valence electrons. The number of hydrogen-bond donors (Lipinski definition) is 0. The number of nitrogens with zero attached hydrogens (tertiary/aromatic N) is 1. The molecular weight excluding hydrogens is 346 g/mol. The summed E-state index contributed by atoms with van der Waals surface area (Å²) in [4.78, 5) is 25.4. The van der Waals surface area contributed by atoms with Crippen molar-refractivity contribution in [3.8, 4) is 17.0 Å². The molecule has 0 aliphatic carbocycles. The molecule has 0 amide bonds. The smallest absolute Gasteiger partial charge is 0.361 e. The standard InChI is InChI=1S/C21H17NO5/c1-22-18(12-8-10-13(25-2)11-9-12)17(20(23)26-3)16-14-6-4-5-7-15(14)27-21(24)19(16)22/h4-11H,1-3H3. The van der Waals surface area contributed by atoms with Crippen LogP contribution < -0.4 is 10.4 Å². The van der Waals surface area contributed by atoms with E-state index in [0.717, 1.165) is 5.56 Å². The van der Waals surface area contributed by atoms with Gasteiger partial charge in [-0.05, 0) is 35.9 Å². The van der Waals surface area contributed by atoms with Crippen molar-refractivity contribution in [1.29, 1.82) is 0 Å². The van der Waals surface area contributed by atoms with Gasteiger partial charge in [-0.3, -0.25) is 0 Å². The summed E-state index contributed by atoms with van der Waals surface area (Å²) in [5.41, 5.74) is 1.92. The number of carbonyl (C=O) groups excluding carboxylic acids is 1. The predicted octanol–water partition coefficient (Wildman–Crippen LogP) is 3.75. The van der Waals surface area contributed by atoms with Crippen molar-refractivity contribution in [2.24, 2.45) is 7.05 Å². The molecule has 0 radical (unpaired) electrons.